The third-order valence-electron chi connectivity index (χ3n) is 4.73. The molecular weight excluding hydrogens is 422 g/mol. The number of thioether (sulfide) groups is 1. The van der Waals surface area contributed by atoms with Gasteiger partial charge in [-0.15, -0.1) is 0 Å². The first-order valence-corrected chi connectivity index (χ1v) is 10.9. The second-order valence-electron chi connectivity index (χ2n) is 7.11. The molecule has 1 N–H and O–H groups in total. The Morgan fingerprint density at radius 2 is 1.94 bits per heavy atom. The van der Waals surface area contributed by atoms with Gasteiger partial charge in [-0.25, -0.2) is 14.5 Å². The van der Waals surface area contributed by atoms with Crippen molar-refractivity contribution in [2.24, 2.45) is 0 Å². The van der Waals surface area contributed by atoms with Gasteiger partial charge in [0.05, 0.1) is 29.1 Å². The average molecular weight is 442 g/mol. The van der Waals surface area contributed by atoms with E-state index < -0.39 is 0 Å². The molecule has 8 heteroatoms. The smallest absolute Gasteiger partial charge is 0.267 e. The highest BCUT2D eigenvalue weighted by atomic mass is 32.2. The summed E-state index contributed by atoms with van der Waals surface area (Å²) in [5.74, 6) is 0.301. The zero-order chi connectivity index (χ0) is 22.5. The van der Waals surface area contributed by atoms with Crippen LogP contribution in [0.3, 0.4) is 0 Å². The van der Waals surface area contributed by atoms with Crippen molar-refractivity contribution in [2.45, 2.75) is 18.5 Å². The molecule has 0 aliphatic carbocycles. The summed E-state index contributed by atoms with van der Waals surface area (Å²) in [5, 5.41) is 12.5. The van der Waals surface area contributed by atoms with Crippen LogP contribution in [0, 0.1) is 18.3 Å². The number of nitrogens with one attached hydrogen (secondary N) is 1. The highest BCUT2D eigenvalue weighted by molar-refractivity contribution is 7.99. The number of hydrogen-bond donors (Lipinski definition) is 1. The van der Waals surface area contributed by atoms with Crippen LogP contribution in [0.25, 0.3) is 16.7 Å². The van der Waals surface area contributed by atoms with Crippen LogP contribution < -0.4 is 10.9 Å². The fraction of sp³-hybridized carbons (Fsp3) is 0.125. The number of carbonyl (C=O) groups is 1. The molecule has 1 amide bonds. The fourth-order valence-electron chi connectivity index (χ4n) is 3.18. The summed E-state index contributed by atoms with van der Waals surface area (Å²) >= 11 is 1.17. The van der Waals surface area contributed by atoms with Gasteiger partial charge in [0, 0.05) is 11.9 Å². The van der Waals surface area contributed by atoms with Gasteiger partial charge in [0.25, 0.3) is 5.56 Å². The third kappa shape index (κ3) is 4.68. The first-order chi connectivity index (χ1) is 15.5. The van der Waals surface area contributed by atoms with Crippen molar-refractivity contribution >= 4 is 34.3 Å². The molecule has 4 rings (SSSR count). The summed E-state index contributed by atoms with van der Waals surface area (Å²) in [5.41, 5.74) is 2.82. The molecule has 0 aliphatic rings. The summed E-state index contributed by atoms with van der Waals surface area (Å²) in [7, 11) is 0. The number of rotatable bonds is 6. The van der Waals surface area contributed by atoms with E-state index in [1.165, 1.54) is 16.3 Å². The van der Waals surface area contributed by atoms with E-state index in [0.717, 1.165) is 11.1 Å². The molecule has 2 aromatic carbocycles. The monoisotopic (exact) mass is 441 g/mol. The van der Waals surface area contributed by atoms with Gasteiger partial charge in [-0.2, -0.15) is 5.26 Å². The summed E-state index contributed by atoms with van der Waals surface area (Å²) in [6, 6.07) is 20.0. The van der Waals surface area contributed by atoms with E-state index in [-0.39, 0.29) is 17.2 Å². The number of nitrogens with zero attached hydrogens (tertiary/aromatic N) is 4. The summed E-state index contributed by atoms with van der Waals surface area (Å²) in [6.45, 7) is 1.92. The molecule has 158 valence electrons. The van der Waals surface area contributed by atoms with E-state index in [4.69, 9.17) is 5.26 Å². The first kappa shape index (κ1) is 21.3. The van der Waals surface area contributed by atoms with Crippen molar-refractivity contribution < 1.29 is 4.79 Å². The Hall–Kier alpha value is -3.96. The maximum Gasteiger partial charge on any atom is 0.267 e. The molecule has 0 unspecified atom stereocenters. The van der Waals surface area contributed by atoms with Gasteiger partial charge < -0.3 is 5.32 Å². The van der Waals surface area contributed by atoms with Gasteiger partial charge in [-0.3, -0.25) is 9.59 Å². The number of nitriles is 1. The van der Waals surface area contributed by atoms with Crippen LogP contribution in [0.5, 0.6) is 0 Å². The Morgan fingerprint density at radius 1 is 1.16 bits per heavy atom. The number of benzene rings is 2. The molecule has 0 bridgehead atoms. The van der Waals surface area contributed by atoms with Gasteiger partial charge in [0.15, 0.2) is 5.16 Å². The molecule has 0 atom stereocenters. The molecule has 0 aliphatic heterocycles. The molecule has 0 fully saturated rings. The van der Waals surface area contributed by atoms with Crippen molar-refractivity contribution in [1.29, 1.82) is 5.26 Å². The van der Waals surface area contributed by atoms with Crippen molar-refractivity contribution in [3.05, 3.63) is 88.3 Å². The quantitative estimate of drug-likeness (QED) is 0.360. The summed E-state index contributed by atoms with van der Waals surface area (Å²) < 4.78 is 1.45. The van der Waals surface area contributed by atoms with Crippen molar-refractivity contribution in [1.82, 2.24) is 14.5 Å². The van der Waals surface area contributed by atoms with E-state index in [1.54, 1.807) is 48.7 Å². The lowest BCUT2D eigenvalue weighted by Gasteiger charge is -2.13. The Kier molecular flexibility index (Phi) is 6.29. The lowest BCUT2D eigenvalue weighted by atomic mass is 10.1. The van der Waals surface area contributed by atoms with Crippen LogP contribution in [0.4, 0.5) is 5.69 Å². The van der Waals surface area contributed by atoms with Gasteiger partial charge in [0.1, 0.15) is 5.82 Å². The van der Waals surface area contributed by atoms with Crippen LogP contribution >= 0.6 is 11.8 Å². The minimum atomic E-state index is -0.232. The molecule has 0 saturated heterocycles. The summed E-state index contributed by atoms with van der Waals surface area (Å²) in [4.78, 5) is 34.7. The Balaban J connectivity index is 1.60. The molecule has 0 saturated carbocycles. The van der Waals surface area contributed by atoms with Gasteiger partial charge >= 0.3 is 0 Å². The number of hydrogen-bond acceptors (Lipinski definition) is 6. The van der Waals surface area contributed by atoms with E-state index in [9.17, 15) is 9.59 Å². The standard InChI is InChI=1S/C24H19N5O2S/c1-16-11-13-26-21(14-16)29-23(31)19-4-2-3-5-20(19)28-24(29)32-15-22(30)27-18-8-6-17(7-9-18)10-12-25/h2-9,11,13-14H,10,15H2,1H3,(H,27,30). The molecular formula is C24H19N5O2S. The Labute approximate surface area is 188 Å². The zero-order valence-corrected chi connectivity index (χ0v) is 18.1. The lowest BCUT2D eigenvalue weighted by molar-refractivity contribution is -0.113. The minimum absolute atomic E-state index is 0.0660. The van der Waals surface area contributed by atoms with E-state index >= 15 is 0 Å². The maximum absolute atomic E-state index is 13.2. The van der Waals surface area contributed by atoms with Crippen LogP contribution in [0.1, 0.15) is 11.1 Å². The second-order valence-corrected chi connectivity index (χ2v) is 8.05. The number of carbonyl (C=O) groups excluding carboxylic acids is 1. The van der Waals surface area contributed by atoms with Crippen LogP contribution in [-0.4, -0.2) is 26.2 Å². The van der Waals surface area contributed by atoms with Gasteiger partial charge in [-0.05, 0) is 54.4 Å². The normalized spacial score (nSPS) is 10.6. The van der Waals surface area contributed by atoms with Gasteiger partial charge in [-0.1, -0.05) is 36.0 Å². The lowest BCUT2D eigenvalue weighted by Crippen LogP contribution is -2.23. The average Bonchev–Trinajstić information content (AvgIpc) is 2.79. The Morgan fingerprint density at radius 3 is 2.69 bits per heavy atom. The summed E-state index contributed by atoms with van der Waals surface area (Å²) in [6.07, 6.45) is 1.96. The minimum Gasteiger partial charge on any atom is -0.325 e. The SMILES string of the molecule is Cc1ccnc(-n2c(SCC(=O)Nc3ccc(CC#N)cc3)nc3ccccc3c2=O)c1. The maximum atomic E-state index is 13.2. The fourth-order valence-corrected chi connectivity index (χ4v) is 3.98. The van der Waals surface area contributed by atoms with Crippen molar-refractivity contribution in [3.8, 4) is 11.9 Å². The molecule has 2 heterocycles. The Bertz CT molecular complexity index is 1390. The van der Waals surface area contributed by atoms with E-state index in [0.29, 0.717) is 34.0 Å². The van der Waals surface area contributed by atoms with Crippen molar-refractivity contribution in [3.63, 3.8) is 0 Å². The van der Waals surface area contributed by atoms with Gasteiger partial charge in [0.2, 0.25) is 5.91 Å². The number of para-hydroxylation sites is 1. The zero-order valence-electron chi connectivity index (χ0n) is 17.3. The predicted molar refractivity (Wildman–Crippen MR) is 125 cm³/mol. The third-order valence-corrected chi connectivity index (χ3v) is 5.67. The molecule has 7 nitrogen and oxygen atoms in total. The van der Waals surface area contributed by atoms with E-state index in [1.807, 2.05) is 25.1 Å². The van der Waals surface area contributed by atoms with E-state index in [2.05, 4.69) is 21.4 Å². The predicted octanol–water partition coefficient (Wildman–Crippen LogP) is 3.89. The largest absolute Gasteiger partial charge is 0.325 e. The van der Waals surface area contributed by atoms with Crippen molar-refractivity contribution in [2.75, 3.05) is 11.1 Å². The number of pyridine rings is 1. The highest BCUT2D eigenvalue weighted by Crippen LogP contribution is 2.21. The van der Waals surface area contributed by atoms with Crippen LogP contribution in [0.2, 0.25) is 0 Å². The van der Waals surface area contributed by atoms with Crippen LogP contribution in [0.15, 0.2) is 76.8 Å². The first-order valence-electron chi connectivity index (χ1n) is 9.88. The molecule has 0 radical (unpaired) electrons. The number of aromatic nitrogens is 3. The molecule has 4 aromatic rings. The highest BCUT2D eigenvalue weighted by Gasteiger charge is 2.16. The number of amides is 1. The molecule has 32 heavy (non-hydrogen) atoms. The van der Waals surface area contributed by atoms with Crippen LogP contribution in [-0.2, 0) is 11.2 Å². The number of aryl methyl sites for hydroxylation is 1. The molecule has 2 aromatic heterocycles. The number of fused-ring (bicyclic) bond motifs is 1. The number of anilines is 1. The second kappa shape index (κ2) is 9.45. The topological polar surface area (TPSA) is 101 Å². The molecule has 0 spiro atoms.